The van der Waals surface area contributed by atoms with Gasteiger partial charge in [-0.25, -0.2) is 4.39 Å². The van der Waals surface area contributed by atoms with Gasteiger partial charge in [0.15, 0.2) is 0 Å². The Morgan fingerprint density at radius 2 is 2.47 bits per heavy atom. The lowest BCUT2D eigenvalue weighted by atomic mass is 10.1. The SMILES string of the molecule is CNCCC1COc2cc(F)ccc2N1. The summed E-state index contributed by atoms with van der Waals surface area (Å²) in [6.07, 6.45) is 0.993. The van der Waals surface area contributed by atoms with Crippen LogP contribution < -0.4 is 15.4 Å². The molecule has 0 saturated carbocycles. The Morgan fingerprint density at radius 3 is 3.27 bits per heavy atom. The fraction of sp³-hybridized carbons (Fsp3) is 0.455. The number of anilines is 1. The van der Waals surface area contributed by atoms with Gasteiger partial charge in [-0.05, 0) is 32.1 Å². The van der Waals surface area contributed by atoms with Crippen LogP contribution in [-0.4, -0.2) is 26.2 Å². The van der Waals surface area contributed by atoms with E-state index in [0.29, 0.717) is 18.4 Å². The summed E-state index contributed by atoms with van der Waals surface area (Å²) < 4.78 is 18.4. The van der Waals surface area contributed by atoms with Crippen LogP contribution in [0.4, 0.5) is 10.1 Å². The quantitative estimate of drug-likeness (QED) is 0.795. The van der Waals surface area contributed by atoms with Gasteiger partial charge in [-0.3, -0.25) is 0 Å². The zero-order chi connectivity index (χ0) is 10.7. The molecule has 82 valence electrons. The molecule has 1 aromatic rings. The fourth-order valence-corrected chi connectivity index (χ4v) is 1.66. The van der Waals surface area contributed by atoms with Gasteiger partial charge < -0.3 is 15.4 Å². The smallest absolute Gasteiger partial charge is 0.145 e. The topological polar surface area (TPSA) is 33.3 Å². The summed E-state index contributed by atoms with van der Waals surface area (Å²) >= 11 is 0. The summed E-state index contributed by atoms with van der Waals surface area (Å²) in [5.41, 5.74) is 0.878. The average molecular weight is 210 g/mol. The van der Waals surface area contributed by atoms with Crippen molar-refractivity contribution in [1.29, 1.82) is 0 Å². The second-order valence-corrected chi connectivity index (χ2v) is 3.68. The van der Waals surface area contributed by atoms with Gasteiger partial charge in [-0.1, -0.05) is 0 Å². The largest absolute Gasteiger partial charge is 0.489 e. The summed E-state index contributed by atoms with van der Waals surface area (Å²) in [5.74, 6) is 0.347. The molecular formula is C11H15FN2O. The van der Waals surface area contributed by atoms with Crippen molar-refractivity contribution in [2.75, 3.05) is 25.5 Å². The van der Waals surface area contributed by atoms with Crippen LogP contribution in [0.5, 0.6) is 5.75 Å². The molecule has 0 aromatic heterocycles. The minimum absolute atomic E-state index is 0.260. The van der Waals surface area contributed by atoms with E-state index in [1.165, 1.54) is 12.1 Å². The Kier molecular flexibility index (Phi) is 3.06. The van der Waals surface area contributed by atoms with Crippen molar-refractivity contribution in [2.24, 2.45) is 0 Å². The molecule has 1 aliphatic rings. The molecule has 0 amide bonds. The molecule has 4 heteroatoms. The van der Waals surface area contributed by atoms with Crippen LogP contribution in [0.3, 0.4) is 0 Å². The van der Waals surface area contributed by atoms with E-state index in [4.69, 9.17) is 4.74 Å². The molecule has 0 saturated heterocycles. The minimum atomic E-state index is -0.260. The third-order valence-electron chi connectivity index (χ3n) is 2.49. The number of halogens is 1. The number of hydrogen-bond acceptors (Lipinski definition) is 3. The summed E-state index contributed by atoms with van der Waals surface area (Å²) in [6.45, 7) is 1.54. The normalized spacial score (nSPS) is 18.9. The molecule has 1 atom stereocenters. The predicted molar refractivity (Wildman–Crippen MR) is 57.8 cm³/mol. The minimum Gasteiger partial charge on any atom is -0.489 e. The first-order valence-corrected chi connectivity index (χ1v) is 5.13. The molecule has 0 fully saturated rings. The zero-order valence-corrected chi connectivity index (χ0v) is 8.72. The standard InChI is InChI=1S/C11H15FN2O/c1-13-5-4-9-7-15-11-6-8(12)2-3-10(11)14-9/h2-3,6,9,13-14H,4-5,7H2,1H3. The summed E-state index contributed by atoms with van der Waals surface area (Å²) in [5, 5.41) is 6.42. The lowest BCUT2D eigenvalue weighted by Gasteiger charge is -2.27. The van der Waals surface area contributed by atoms with Crippen LogP contribution in [-0.2, 0) is 0 Å². The van der Waals surface area contributed by atoms with Gasteiger partial charge in [-0.15, -0.1) is 0 Å². The van der Waals surface area contributed by atoms with E-state index in [2.05, 4.69) is 10.6 Å². The lowest BCUT2D eigenvalue weighted by Crippen LogP contribution is -2.33. The van der Waals surface area contributed by atoms with Gasteiger partial charge in [-0.2, -0.15) is 0 Å². The van der Waals surface area contributed by atoms with Crippen molar-refractivity contribution in [3.8, 4) is 5.75 Å². The van der Waals surface area contributed by atoms with Gasteiger partial charge in [0.05, 0.1) is 11.7 Å². The second kappa shape index (κ2) is 4.49. The van der Waals surface area contributed by atoms with Crippen molar-refractivity contribution < 1.29 is 9.13 Å². The van der Waals surface area contributed by atoms with Crippen LogP contribution in [0, 0.1) is 5.82 Å². The number of hydrogen-bond donors (Lipinski definition) is 2. The van der Waals surface area contributed by atoms with Crippen molar-refractivity contribution in [3.05, 3.63) is 24.0 Å². The third kappa shape index (κ3) is 2.39. The van der Waals surface area contributed by atoms with E-state index in [9.17, 15) is 4.39 Å². The third-order valence-corrected chi connectivity index (χ3v) is 2.49. The van der Waals surface area contributed by atoms with Crippen molar-refractivity contribution >= 4 is 5.69 Å². The Bertz CT molecular complexity index is 343. The number of ether oxygens (including phenoxy) is 1. The maximum absolute atomic E-state index is 12.9. The highest BCUT2D eigenvalue weighted by molar-refractivity contribution is 5.58. The van der Waals surface area contributed by atoms with Crippen molar-refractivity contribution in [1.82, 2.24) is 5.32 Å². The van der Waals surface area contributed by atoms with E-state index in [1.54, 1.807) is 6.07 Å². The Labute approximate surface area is 88.6 Å². The number of nitrogens with one attached hydrogen (secondary N) is 2. The number of rotatable bonds is 3. The van der Waals surface area contributed by atoms with Crippen molar-refractivity contribution in [3.63, 3.8) is 0 Å². The van der Waals surface area contributed by atoms with E-state index in [-0.39, 0.29) is 5.82 Å². The van der Waals surface area contributed by atoms with E-state index in [0.717, 1.165) is 18.7 Å². The molecule has 1 aromatic carbocycles. The lowest BCUT2D eigenvalue weighted by molar-refractivity contribution is 0.277. The summed E-state index contributed by atoms with van der Waals surface area (Å²) in [6, 6.07) is 4.87. The van der Waals surface area contributed by atoms with Crippen LogP contribution >= 0.6 is 0 Å². The maximum Gasteiger partial charge on any atom is 0.145 e. The van der Waals surface area contributed by atoms with E-state index < -0.39 is 0 Å². The highest BCUT2D eigenvalue weighted by atomic mass is 19.1. The first-order chi connectivity index (χ1) is 7.29. The molecule has 0 aliphatic carbocycles. The Morgan fingerprint density at radius 1 is 1.60 bits per heavy atom. The predicted octanol–water partition coefficient (Wildman–Crippen LogP) is 1.61. The molecule has 15 heavy (non-hydrogen) atoms. The Hall–Kier alpha value is -1.29. The fourth-order valence-electron chi connectivity index (χ4n) is 1.66. The molecule has 3 nitrogen and oxygen atoms in total. The van der Waals surface area contributed by atoms with Gasteiger partial charge >= 0.3 is 0 Å². The molecule has 1 unspecified atom stereocenters. The molecule has 1 heterocycles. The van der Waals surface area contributed by atoms with Crippen LogP contribution in [0.15, 0.2) is 18.2 Å². The highest BCUT2D eigenvalue weighted by Gasteiger charge is 2.18. The molecule has 0 radical (unpaired) electrons. The molecule has 1 aliphatic heterocycles. The Balaban J connectivity index is 2.03. The molecular weight excluding hydrogens is 195 g/mol. The van der Waals surface area contributed by atoms with Crippen LogP contribution in [0.1, 0.15) is 6.42 Å². The van der Waals surface area contributed by atoms with Crippen molar-refractivity contribution in [2.45, 2.75) is 12.5 Å². The first kappa shape index (κ1) is 10.2. The molecule has 0 spiro atoms. The average Bonchev–Trinajstić information content (AvgIpc) is 2.26. The van der Waals surface area contributed by atoms with Gasteiger partial charge in [0, 0.05) is 6.07 Å². The first-order valence-electron chi connectivity index (χ1n) is 5.13. The summed E-state index contributed by atoms with van der Waals surface area (Å²) in [7, 11) is 1.92. The maximum atomic E-state index is 12.9. The van der Waals surface area contributed by atoms with Crippen LogP contribution in [0.2, 0.25) is 0 Å². The molecule has 2 rings (SSSR count). The van der Waals surface area contributed by atoms with E-state index in [1.807, 2.05) is 7.05 Å². The molecule has 2 N–H and O–H groups in total. The highest BCUT2D eigenvalue weighted by Crippen LogP contribution is 2.29. The van der Waals surface area contributed by atoms with Crippen LogP contribution in [0.25, 0.3) is 0 Å². The monoisotopic (exact) mass is 210 g/mol. The zero-order valence-electron chi connectivity index (χ0n) is 8.72. The van der Waals surface area contributed by atoms with E-state index >= 15 is 0 Å². The number of benzene rings is 1. The van der Waals surface area contributed by atoms with Gasteiger partial charge in [0.1, 0.15) is 18.2 Å². The summed E-state index contributed by atoms with van der Waals surface area (Å²) in [4.78, 5) is 0. The molecule has 0 bridgehead atoms. The van der Waals surface area contributed by atoms with Gasteiger partial charge in [0.2, 0.25) is 0 Å². The number of fused-ring (bicyclic) bond motifs is 1. The van der Waals surface area contributed by atoms with Gasteiger partial charge in [0.25, 0.3) is 0 Å². The second-order valence-electron chi connectivity index (χ2n) is 3.68.